The molecule has 2 unspecified atom stereocenters. The smallest absolute Gasteiger partial charge is 0.256 e. The third-order valence-electron chi connectivity index (χ3n) is 4.76. The number of nitrogens with one attached hydrogen (secondary N) is 1. The van der Waals surface area contributed by atoms with Gasteiger partial charge in [-0.3, -0.25) is 4.79 Å². The summed E-state index contributed by atoms with van der Waals surface area (Å²) < 4.78 is 13.9. The second-order valence-corrected chi connectivity index (χ2v) is 6.34. The zero-order valence-electron chi connectivity index (χ0n) is 12.6. The molecule has 4 heteroatoms. The Bertz CT molecular complexity index is 526. The number of halogens is 1. The third kappa shape index (κ3) is 3.10. The lowest BCUT2D eigenvalue weighted by molar-refractivity contribution is 0.0646. The van der Waals surface area contributed by atoms with Gasteiger partial charge in [0.1, 0.15) is 5.82 Å². The van der Waals surface area contributed by atoms with Crippen LogP contribution in [0.15, 0.2) is 18.2 Å². The Labute approximate surface area is 125 Å². The van der Waals surface area contributed by atoms with Crippen molar-refractivity contribution >= 4 is 5.91 Å². The zero-order chi connectivity index (χ0) is 14.8. The van der Waals surface area contributed by atoms with Crippen molar-refractivity contribution < 1.29 is 9.18 Å². The topological polar surface area (TPSA) is 32.3 Å². The quantitative estimate of drug-likeness (QED) is 0.908. The van der Waals surface area contributed by atoms with E-state index in [0.717, 1.165) is 38.0 Å². The van der Waals surface area contributed by atoms with E-state index < -0.39 is 5.82 Å². The summed E-state index contributed by atoms with van der Waals surface area (Å²) in [5.41, 5.74) is 1.14. The SMILES string of the molecule is Cc1ccc(F)c(C(=O)N2CCCC(C3CCCN3)C2)c1. The highest BCUT2D eigenvalue weighted by Gasteiger charge is 2.31. The van der Waals surface area contributed by atoms with E-state index in [1.54, 1.807) is 12.1 Å². The van der Waals surface area contributed by atoms with E-state index in [1.807, 2.05) is 11.8 Å². The number of hydrogen-bond acceptors (Lipinski definition) is 2. The Hall–Kier alpha value is -1.42. The molecule has 0 aliphatic carbocycles. The molecule has 0 aromatic heterocycles. The Morgan fingerprint density at radius 2 is 2.19 bits per heavy atom. The first-order chi connectivity index (χ1) is 10.1. The zero-order valence-corrected chi connectivity index (χ0v) is 12.6. The fraction of sp³-hybridized carbons (Fsp3) is 0.588. The van der Waals surface area contributed by atoms with Gasteiger partial charge in [-0.25, -0.2) is 4.39 Å². The van der Waals surface area contributed by atoms with Crippen LogP contribution in [0.3, 0.4) is 0 Å². The van der Waals surface area contributed by atoms with Gasteiger partial charge in [-0.1, -0.05) is 11.6 Å². The van der Waals surface area contributed by atoms with Gasteiger partial charge < -0.3 is 10.2 Å². The Balaban J connectivity index is 1.73. The number of nitrogens with zero attached hydrogens (tertiary/aromatic N) is 1. The Morgan fingerprint density at radius 3 is 2.95 bits per heavy atom. The van der Waals surface area contributed by atoms with Crippen molar-refractivity contribution in [3.63, 3.8) is 0 Å². The molecule has 2 aliphatic rings. The van der Waals surface area contributed by atoms with Crippen molar-refractivity contribution in [3.8, 4) is 0 Å². The van der Waals surface area contributed by atoms with Gasteiger partial charge >= 0.3 is 0 Å². The van der Waals surface area contributed by atoms with Crippen LogP contribution in [0.25, 0.3) is 0 Å². The molecule has 0 spiro atoms. The van der Waals surface area contributed by atoms with Gasteiger partial charge in [0.15, 0.2) is 0 Å². The molecule has 1 aromatic carbocycles. The van der Waals surface area contributed by atoms with Crippen LogP contribution >= 0.6 is 0 Å². The molecule has 114 valence electrons. The van der Waals surface area contributed by atoms with E-state index in [4.69, 9.17) is 0 Å². The number of hydrogen-bond donors (Lipinski definition) is 1. The molecule has 2 heterocycles. The van der Waals surface area contributed by atoms with E-state index in [9.17, 15) is 9.18 Å². The second kappa shape index (κ2) is 6.14. The lowest BCUT2D eigenvalue weighted by Gasteiger charge is -2.36. The maximum Gasteiger partial charge on any atom is 0.256 e. The first-order valence-electron chi connectivity index (χ1n) is 7.94. The lowest BCUT2D eigenvalue weighted by atomic mass is 9.89. The summed E-state index contributed by atoms with van der Waals surface area (Å²) >= 11 is 0. The number of piperidine rings is 1. The summed E-state index contributed by atoms with van der Waals surface area (Å²) in [5.74, 6) is -0.0521. The molecule has 1 N–H and O–H groups in total. The highest BCUT2D eigenvalue weighted by Crippen LogP contribution is 2.26. The van der Waals surface area contributed by atoms with Crippen LogP contribution < -0.4 is 5.32 Å². The molecule has 2 aliphatic heterocycles. The predicted molar refractivity (Wildman–Crippen MR) is 80.8 cm³/mol. The maximum absolute atomic E-state index is 13.9. The van der Waals surface area contributed by atoms with Crippen molar-refractivity contribution in [1.82, 2.24) is 10.2 Å². The van der Waals surface area contributed by atoms with Crippen LogP contribution in [0.5, 0.6) is 0 Å². The minimum atomic E-state index is -0.410. The van der Waals surface area contributed by atoms with E-state index in [0.29, 0.717) is 12.0 Å². The fourth-order valence-corrected chi connectivity index (χ4v) is 3.61. The van der Waals surface area contributed by atoms with Crippen molar-refractivity contribution in [2.75, 3.05) is 19.6 Å². The normalized spacial score (nSPS) is 26.1. The molecular formula is C17H23FN2O. The standard InChI is InChI=1S/C17H23FN2O/c1-12-6-7-15(18)14(10-12)17(21)20-9-3-4-13(11-20)16-5-2-8-19-16/h6-7,10,13,16,19H,2-5,8-9,11H2,1H3. The van der Waals surface area contributed by atoms with Gasteiger partial charge in [-0.15, -0.1) is 0 Å². The van der Waals surface area contributed by atoms with E-state index in [-0.39, 0.29) is 11.5 Å². The van der Waals surface area contributed by atoms with Crippen molar-refractivity contribution in [3.05, 3.63) is 35.1 Å². The minimum Gasteiger partial charge on any atom is -0.338 e. The average Bonchev–Trinajstić information content (AvgIpc) is 3.03. The molecule has 2 atom stereocenters. The van der Waals surface area contributed by atoms with Gasteiger partial charge in [0, 0.05) is 19.1 Å². The first-order valence-corrected chi connectivity index (χ1v) is 7.94. The van der Waals surface area contributed by atoms with Crippen LogP contribution in [-0.2, 0) is 0 Å². The lowest BCUT2D eigenvalue weighted by Crippen LogP contribution is -2.46. The van der Waals surface area contributed by atoms with Crippen LogP contribution in [0.4, 0.5) is 4.39 Å². The first kappa shape index (κ1) is 14.5. The Morgan fingerprint density at radius 1 is 1.33 bits per heavy atom. The number of benzene rings is 1. The van der Waals surface area contributed by atoms with Crippen LogP contribution in [0, 0.1) is 18.7 Å². The molecule has 1 amide bonds. The van der Waals surface area contributed by atoms with Gasteiger partial charge in [0.25, 0.3) is 5.91 Å². The molecule has 21 heavy (non-hydrogen) atoms. The predicted octanol–water partition coefficient (Wildman–Crippen LogP) is 2.74. The third-order valence-corrected chi connectivity index (χ3v) is 4.76. The van der Waals surface area contributed by atoms with Gasteiger partial charge in [-0.05, 0) is 57.2 Å². The molecule has 1 aromatic rings. The largest absolute Gasteiger partial charge is 0.338 e. The monoisotopic (exact) mass is 290 g/mol. The van der Waals surface area contributed by atoms with E-state index in [1.165, 1.54) is 18.9 Å². The van der Waals surface area contributed by atoms with Crippen LogP contribution in [0.1, 0.15) is 41.6 Å². The molecule has 3 nitrogen and oxygen atoms in total. The summed E-state index contributed by atoms with van der Waals surface area (Å²) in [4.78, 5) is 14.4. The number of amides is 1. The van der Waals surface area contributed by atoms with Crippen LogP contribution in [0.2, 0.25) is 0 Å². The summed E-state index contributed by atoms with van der Waals surface area (Å²) in [5, 5.41) is 3.53. The molecule has 2 fully saturated rings. The molecule has 2 saturated heterocycles. The number of carbonyl (C=O) groups is 1. The number of likely N-dealkylation sites (tertiary alicyclic amines) is 1. The van der Waals surface area contributed by atoms with Gasteiger partial charge in [0.05, 0.1) is 5.56 Å². The molecule has 0 bridgehead atoms. The summed E-state index contributed by atoms with van der Waals surface area (Å²) in [6.45, 7) is 4.47. The second-order valence-electron chi connectivity index (χ2n) is 6.34. The summed E-state index contributed by atoms with van der Waals surface area (Å²) in [6, 6.07) is 5.29. The van der Waals surface area contributed by atoms with Gasteiger partial charge in [0.2, 0.25) is 0 Å². The maximum atomic E-state index is 13.9. The van der Waals surface area contributed by atoms with E-state index >= 15 is 0 Å². The number of rotatable bonds is 2. The van der Waals surface area contributed by atoms with Crippen molar-refractivity contribution in [1.29, 1.82) is 0 Å². The highest BCUT2D eigenvalue weighted by atomic mass is 19.1. The molecule has 0 saturated carbocycles. The molecule has 0 radical (unpaired) electrons. The minimum absolute atomic E-state index is 0.154. The average molecular weight is 290 g/mol. The van der Waals surface area contributed by atoms with Crippen molar-refractivity contribution in [2.45, 2.75) is 38.6 Å². The van der Waals surface area contributed by atoms with Crippen molar-refractivity contribution in [2.24, 2.45) is 5.92 Å². The van der Waals surface area contributed by atoms with Gasteiger partial charge in [-0.2, -0.15) is 0 Å². The summed E-state index contributed by atoms with van der Waals surface area (Å²) in [6.07, 6.45) is 4.60. The number of carbonyl (C=O) groups excluding carboxylic acids is 1. The van der Waals surface area contributed by atoms with E-state index in [2.05, 4.69) is 5.32 Å². The molecule has 3 rings (SSSR count). The molecular weight excluding hydrogens is 267 g/mol. The van der Waals surface area contributed by atoms with Crippen LogP contribution in [-0.4, -0.2) is 36.5 Å². The highest BCUT2D eigenvalue weighted by molar-refractivity contribution is 5.94. The fourth-order valence-electron chi connectivity index (χ4n) is 3.61. The number of aryl methyl sites for hydroxylation is 1. The summed E-state index contributed by atoms with van der Waals surface area (Å²) in [7, 11) is 0. The Kier molecular flexibility index (Phi) is 4.24.